The third-order valence-corrected chi connectivity index (χ3v) is 8.10. The van der Waals surface area contributed by atoms with Gasteiger partial charge in [0.1, 0.15) is 11.6 Å². The van der Waals surface area contributed by atoms with Crippen LogP contribution in [0, 0.1) is 24.6 Å². The largest absolute Gasteiger partial charge is 0.478 e. The van der Waals surface area contributed by atoms with Crippen molar-refractivity contribution in [1.29, 1.82) is 0 Å². The molecule has 1 aliphatic rings. The van der Waals surface area contributed by atoms with Gasteiger partial charge in [0.15, 0.2) is 0 Å². The van der Waals surface area contributed by atoms with E-state index in [4.69, 9.17) is 10.1 Å². The first-order valence-electron chi connectivity index (χ1n) is 13.7. The quantitative estimate of drug-likeness (QED) is 0.249. The van der Waals surface area contributed by atoms with Crippen LogP contribution >= 0.6 is 12.6 Å². The first-order valence-corrected chi connectivity index (χ1v) is 14.3. The number of thiol groups is 1. The Bertz CT molecular complexity index is 1300. The molecule has 2 aromatic carbocycles. The summed E-state index contributed by atoms with van der Waals surface area (Å²) in [6, 6.07) is 8.35. The van der Waals surface area contributed by atoms with Crippen LogP contribution in [0.25, 0.3) is 11.0 Å². The van der Waals surface area contributed by atoms with E-state index in [-0.39, 0.29) is 17.4 Å². The minimum Gasteiger partial charge on any atom is -0.478 e. The highest BCUT2D eigenvalue weighted by Gasteiger charge is 2.23. The molecule has 1 aliphatic carbocycles. The average Bonchev–Trinajstić information content (AvgIpc) is 3.24. The molecule has 0 bridgehead atoms. The topological polar surface area (TPSA) is 84.2 Å². The Morgan fingerprint density at radius 2 is 1.95 bits per heavy atom. The molecule has 6 nitrogen and oxygen atoms in total. The molecular formula is C30H38FN3O3S. The van der Waals surface area contributed by atoms with Crippen molar-refractivity contribution >= 4 is 35.5 Å². The van der Waals surface area contributed by atoms with Gasteiger partial charge in [-0.15, -0.1) is 0 Å². The van der Waals surface area contributed by atoms with Gasteiger partial charge in [0, 0.05) is 31.2 Å². The van der Waals surface area contributed by atoms with Gasteiger partial charge in [0.25, 0.3) is 0 Å². The molecule has 1 heterocycles. The zero-order valence-electron chi connectivity index (χ0n) is 22.3. The van der Waals surface area contributed by atoms with Crippen molar-refractivity contribution in [3.05, 3.63) is 64.2 Å². The number of imidazole rings is 1. The molecule has 1 fully saturated rings. The van der Waals surface area contributed by atoms with Crippen LogP contribution in [0.1, 0.15) is 84.7 Å². The van der Waals surface area contributed by atoms with E-state index < -0.39 is 11.8 Å². The lowest BCUT2D eigenvalue weighted by Crippen LogP contribution is -2.33. The van der Waals surface area contributed by atoms with E-state index in [0.717, 1.165) is 47.2 Å². The highest BCUT2D eigenvalue weighted by atomic mass is 32.1. The molecule has 0 aliphatic heterocycles. The van der Waals surface area contributed by atoms with Crippen LogP contribution in [0.2, 0.25) is 0 Å². The van der Waals surface area contributed by atoms with Gasteiger partial charge in [-0.3, -0.25) is 4.79 Å². The van der Waals surface area contributed by atoms with Gasteiger partial charge in [-0.1, -0.05) is 51.2 Å². The number of aromatic carboxylic acids is 1. The number of carbonyl (C=O) groups excluding carboxylic acids is 1. The Balaban J connectivity index is 1.56. The SMILES string of the molecule is CCCc1nc2c(C)cc(CNC(=O)C(CS)CC3CCCCC3)cc2n1Cc1ccc(C(=O)O)c(F)c1. The average molecular weight is 540 g/mol. The summed E-state index contributed by atoms with van der Waals surface area (Å²) in [5.74, 6) is 0.000338. The smallest absolute Gasteiger partial charge is 0.338 e. The lowest BCUT2D eigenvalue weighted by atomic mass is 9.83. The molecular weight excluding hydrogens is 501 g/mol. The number of nitrogens with zero attached hydrogens (tertiary/aromatic N) is 2. The number of hydrogen-bond acceptors (Lipinski definition) is 4. The third kappa shape index (κ3) is 6.57. The van der Waals surface area contributed by atoms with Crippen LogP contribution in [0.15, 0.2) is 30.3 Å². The van der Waals surface area contributed by atoms with Crippen LogP contribution in [-0.2, 0) is 24.3 Å². The van der Waals surface area contributed by atoms with Crippen LogP contribution in [0.3, 0.4) is 0 Å². The summed E-state index contributed by atoms with van der Waals surface area (Å²) in [5, 5.41) is 12.3. The highest BCUT2D eigenvalue weighted by Crippen LogP contribution is 2.30. The molecule has 1 saturated carbocycles. The van der Waals surface area contributed by atoms with Crippen LogP contribution < -0.4 is 5.32 Å². The second-order valence-electron chi connectivity index (χ2n) is 10.6. The summed E-state index contributed by atoms with van der Waals surface area (Å²) in [6.07, 6.45) is 8.81. The number of nitrogens with one attached hydrogen (secondary N) is 1. The van der Waals surface area contributed by atoms with E-state index in [2.05, 4.69) is 35.5 Å². The maximum absolute atomic E-state index is 14.4. The number of halogens is 1. The number of aromatic nitrogens is 2. The fraction of sp³-hybridized carbons (Fsp3) is 0.500. The molecule has 2 N–H and O–H groups in total. The van der Waals surface area contributed by atoms with Gasteiger partial charge < -0.3 is 15.0 Å². The molecule has 3 aromatic rings. The summed E-state index contributed by atoms with van der Waals surface area (Å²) in [5.41, 5.74) is 4.14. The van der Waals surface area contributed by atoms with Gasteiger partial charge in [0.2, 0.25) is 5.91 Å². The molecule has 1 aromatic heterocycles. The van der Waals surface area contributed by atoms with Crippen molar-refractivity contribution < 1.29 is 19.1 Å². The third-order valence-electron chi connectivity index (χ3n) is 7.66. The number of carbonyl (C=O) groups is 2. The summed E-state index contributed by atoms with van der Waals surface area (Å²) in [6.45, 7) is 4.90. The summed E-state index contributed by atoms with van der Waals surface area (Å²) in [7, 11) is 0. The number of amides is 1. The summed E-state index contributed by atoms with van der Waals surface area (Å²) >= 11 is 4.48. The minimum atomic E-state index is -1.28. The monoisotopic (exact) mass is 539 g/mol. The fourth-order valence-corrected chi connectivity index (χ4v) is 5.96. The summed E-state index contributed by atoms with van der Waals surface area (Å²) in [4.78, 5) is 29.1. The Morgan fingerprint density at radius 3 is 2.61 bits per heavy atom. The van der Waals surface area contributed by atoms with Crippen molar-refractivity contribution in [2.24, 2.45) is 11.8 Å². The second-order valence-corrected chi connectivity index (χ2v) is 11.0. The van der Waals surface area contributed by atoms with Gasteiger partial charge in [-0.2, -0.15) is 12.6 Å². The van der Waals surface area contributed by atoms with E-state index in [1.54, 1.807) is 6.07 Å². The lowest BCUT2D eigenvalue weighted by Gasteiger charge is -2.25. The predicted octanol–water partition coefficient (Wildman–Crippen LogP) is 6.32. The summed E-state index contributed by atoms with van der Waals surface area (Å²) < 4.78 is 16.5. The minimum absolute atomic E-state index is 0.0532. The van der Waals surface area contributed by atoms with Gasteiger partial charge in [-0.05, 0) is 60.6 Å². The van der Waals surface area contributed by atoms with Crippen molar-refractivity contribution in [2.75, 3.05) is 5.75 Å². The molecule has 1 amide bonds. The molecule has 0 radical (unpaired) electrons. The first kappa shape index (κ1) is 28.1. The van der Waals surface area contributed by atoms with Crippen molar-refractivity contribution in [3.63, 3.8) is 0 Å². The van der Waals surface area contributed by atoms with E-state index in [1.807, 2.05) is 13.0 Å². The number of carboxylic acid groups (broad SMARTS) is 1. The zero-order chi connectivity index (χ0) is 27.2. The molecule has 4 rings (SSSR count). The number of hydrogen-bond donors (Lipinski definition) is 3. The van der Waals surface area contributed by atoms with Crippen LogP contribution in [-0.4, -0.2) is 32.3 Å². The van der Waals surface area contributed by atoms with E-state index in [9.17, 15) is 14.0 Å². The number of aryl methyl sites for hydroxylation is 2. The molecule has 38 heavy (non-hydrogen) atoms. The number of benzene rings is 2. The zero-order valence-corrected chi connectivity index (χ0v) is 23.2. The Kier molecular flexibility index (Phi) is 9.47. The van der Waals surface area contributed by atoms with Gasteiger partial charge >= 0.3 is 5.97 Å². The molecule has 204 valence electrons. The fourth-order valence-electron chi connectivity index (χ4n) is 5.64. The molecule has 8 heteroatoms. The van der Waals surface area contributed by atoms with Crippen LogP contribution in [0.5, 0.6) is 0 Å². The molecule has 0 spiro atoms. The van der Waals surface area contributed by atoms with E-state index in [0.29, 0.717) is 30.3 Å². The molecule has 1 atom stereocenters. The van der Waals surface area contributed by atoms with Gasteiger partial charge in [0.05, 0.1) is 16.6 Å². The maximum atomic E-state index is 14.4. The van der Waals surface area contributed by atoms with Crippen molar-refractivity contribution in [2.45, 2.75) is 78.3 Å². The van der Waals surface area contributed by atoms with Crippen molar-refractivity contribution in [3.8, 4) is 0 Å². The number of rotatable bonds is 11. The van der Waals surface area contributed by atoms with E-state index >= 15 is 0 Å². The van der Waals surface area contributed by atoms with Gasteiger partial charge in [-0.25, -0.2) is 14.2 Å². The van der Waals surface area contributed by atoms with Crippen molar-refractivity contribution in [1.82, 2.24) is 14.9 Å². The number of carboxylic acids is 1. The lowest BCUT2D eigenvalue weighted by molar-refractivity contribution is -0.125. The molecule has 0 saturated heterocycles. The Labute approximate surface area is 229 Å². The second kappa shape index (κ2) is 12.8. The highest BCUT2D eigenvalue weighted by molar-refractivity contribution is 7.80. The molecule has 1 unspecified atom stereocenters. The number of fused-ring (bicyclic) bond motifs is 1. The Morgan fingerprint density at radius 1 is 1.18 bits per heavy atom. The first-order chi connectivity index (χ1) is 18.3. The normalized spacial score (nSPS) is 15.1. The Hall–Kier alpha value is -2.87. The predicted molar refractivity (Wildman–Crippen MR) is 151 cm³/mol. The van der Waals surface area contributed by atoms with Crippen LogP contribution in [0.4, 0.5) is 4.39 Å². The maximum Gasteiger partial charge on any atom is 0.338 e. The van der Waals surface area contributed by atoms with E-state index in [1.165, 1.54) is 44.2 Å². The standard InChI is InChI=1S/C30H38FN3O3S/c1-3-7-27-33-28-19(2)12-22(16-32-29(35)23(18-38)13-20-8-5-4-6-9-20)15-26(28)34(27)17-21-10-11-24(30(36)37)25(31)14-21/h10-12,14-15,20,23,38H,3-9,13,16-18H2,1-2H3,(H,32,35)(H,36,37).